The van der Waals surface area contributed by atoms with Crippen molar-refractivity contribution in [3.63, 3.8) is 0 Å². The van der Waals surface area contributed by atoms with Gasteiger partial charge in [0.1, 0.15) is 11.5 Å². The summed E-state index contributed by atoms with van der Waals surface area (Å²) in [6.45, 7) is 8.81. The van der Waals surface area contributed by atoms with Crippen LogP contribution in [0.1, 0.15) is 44.4 Å². The number of benzene rings is 2. The molecule has 2 aromatic rings. The molecule has 2 aromatic carbocycles. The molecule has 0 bridgehead atoms. The van der Waals surface area contributed by atoms with Gasteiger partial charge in [0, 0.05) is 0 Å². The molecule has 2 N–H and O–H groups in total. The minimum absolute atomic E-state index is 0.317. The number of hydrogen-bond donors (Lipinski definition) is 2. The van der Waals surface area contributed by atoms with Gasteiger partial charge >= 0.3 is 11.8 Å². The first-order chi connectivity index (χ1) is 13.4. The van der Waals surface area contributed by atoms with E-state index in [4.69, 9.17) is 9.47 Å². The second kappa shape index (κ2) is 10.3. The van der Waals surface area contributed by atoms with Crippen molar-refractivity contribution < 1.29 is 19.1 Å². The van der Waals surface area contributed by atoms with Gasteiger partial charge in [0.25, 0.3) is 0 Å². The monoisotopic (exact) mass is 384 g/mol. The van der Waals surface area contributed by atoms with E-state index in [1.54, 1.807) is 6.07 Å². The van der Waals surface area contributed by atoms with Gasteiger partial charge in [-0.2, -0.15) is 0 Å². The third-order valence-corrected chi connectivity index (χ3v) is 4.09. The SMILES string of the molecule is CCCOc1cc(C)ccc1NC(=O)C(=O)NC(C)c1ccc(OCC)cc1. The van der Waals surface area contributed by atoms with Crippen LogP contribution in [0.4, 0.5) is 5.69 Å². The standard InChI is InChI=1S/C22H28N2O4/c1-5-13-28-20-14-15(3)7-12-19(20)24-22(26)21(25)23-16(4)17-8-10-18(11-9-17)27-6-2/h7-12,14,16H,5-6,13H2,1-4H3,(H,23,25)(H,24,26). The lowest BCUT2D eigenvalue weighted by atomic mass is 10.1. The molecule has 2 rings (SSSR count). The summed E-state index contributed by atoms with van der Waals surface area (Å²) >= 11 is 0. The van der Waals surface area contributed by atoms with Crippen molar-refractivity contribution in [3.8, 4) is 11.5 Å². The summed E-state index contributed by atoms with van der Waals surface area (Å²) < 4.78 is 11.1. The van der Waals surface area contributed by atoms with Gasteiger partial charge in [-0.05, 0) is 62.6 Å². The van der Waals surface area contributed by atoms with Crippen LogP contribution in [0.15, 0.2) is 42.5 Å². The van der Waals surface area contributed by atoms with Crippen molar-refractivity contribution in [2.75, 3.05) is 18.5 Å². The minimum atomic E-state index is -0.733. The summed E-state index contributed by atoms with van der Waals surface area (Å²) in [5.41, 5.74) is 2.37. The molecule has 150 valence electrons. The number of anilines is 1. The second-order valence-electron chi connectivity index (χ2n) is 6.50. The zero-order valence-electron chi connectivity index (χ0n) is 16.9. The lowest BCUT2D eigenvalue weighted by Gasteiger charge is -2.16. The lowest BCUT2D eigenvalue weighted by Crippen LogP contribution is -2.37. The molecule has 0 radical (unpaired) electrons. The van der Waals surface area contributed by atoms with Crippen LogP contribution in [0, 0.1) is 6.92 Å². The normalized spacial score (nSPS) is 11.4. The molecular formula is C22H28N2O4. The van der Waals surface area contributed by atoms with Gasteiger partial charge in [-0.1, -0.05) is 25.1 Å². The van der Waals surface area contributed by atoms with Gasteiger partial charge in [0.05, 0.1) is 24.9 Å². The molecule has 0 heterocycles. The highest BCUT2D eigenvalue weighted by Gasteiger charge is 2.19. The maximum Gasteiger partial charge on any atom is 0.313 e. The molecule has 0 aliphatic carbocycles. The Balaban J connectivity index is 1.99. The Morgan fingerprint density at radius 1 is 1.00 bits per heavy atom. The van der Waals surface area contributed by atoms with Crippen molar-refractivity contribution in [1.29, 1.82) is 0 Å². The predicted octanol–water partition coefficient (Wildman–Crippen LogP) is 4.00. The van der Waals surface area contributed by atoms with Gasteiger partial charge in [-0.25, -0.2) is 0 Å². The molecule has 2 amide bonds. The average molecular weight is 384 g/mol. The topological polar surface area (TPSA) is 76.7 Å². The average Bonchev–Trinajstić information content (AvgIpc) is 2.68. The van der Waals surface area contributed by atoms with Crippen LogP contribution in [0.25, 0.3) is 0 Å². The smallest absolute Gasteiger partial charge is 0.313 e. The molecule has 6 heteroatoms. The maximum absolute atomic E-state index is 12.3. The molecular weight excluding hydrogens is 356 g/mol. The molecule has 0 saturated carbocycles. The van der Waals surface area contributed by atoms with Crippen molar-refractivity contribution in [3.05, 3.63) is 53.6 Å². The zero-order chi connectivity index (χ0) is 20.5. The first-order valence-corrected chi connectivity index (χ1v) is 9.52. The summed E-state index contributed by atoms with van der Waals surface area (Å²) in [6, 6.07) is 12.5. The zero-order valence-corrected chi connectivity index (χ0v) is 16.9. The number of hydrogen-bond acceptors (Lipinski definition) is 4. The minimum Gasteiger partial charge on any atom is -0.494 e. The van der Waals surface area contributed by atoms with Crippen LogP contribution in [0.5, 0.6) is 11.5 Å². The largest absolute Gasteiger partial charge is 0.494 e. The fraction of sp³-hybridized carbons (Fsp3) is 0.364. The number of aryl methyl sites for hydroxylation is 1. The van der Waals surface area contributed by atoms with Crippen LogP contribution in [-0.4, -0.2) is 25.0 Å². The Labute approximate surface area is 166 Å². The first kappa shape index (κ1) is 21.3. The molecule has 0 spiro atoms. The van der Waals surface area contributed by atoms with Crippen molar-refractivity contribution in [2.45, 2.75) is 40.2 Å². The van der Waals surface area contributed by atoms with Crippen molar-refractivity contribution >= 4 is 17.5 Å². The fourth-order valence-electron chi connectivity index (χ4n) is 2.61. The molecule has 1 atom stereocenters. The highest BCUT2D eigenvalue weighted by molar-refractivity contribution is 6.39. The van der Waals surface area contributed by atoms with Gasteiger partial charge < -0.3 is 20.1 Å². The number of amides is 2. The van der Waals surface area contributed by atoms with Crippen LogP contribution < -0.4 is 20.1 Å². The van der Waals surface area contributed by atoms with E-state index in [2.05, 4.69) is 10.6 Å². The van der Waals surface area contributed by atoms with Crippen LogP contribution in [-0.2, 0) is 9.59 Å². The molecule has 0 aliphatic rings. The van der Waals surface area contributed by atoms with Crippen molar-refractivity contribution in [1.82, 2.24) is 5.32 Å². The Hall–Kier alpha value is -3.02. The third kappa shape index (κ3) is 6.01. The third-order valence-electron chi connectivity index (χ3n) is 4.09. The lowest BCUT2D eigenvalue weighted by molar-refractivity contribution is -0.136. The highest BCUT2D eigenvalue weighted by atomic mass is 16.5. The van der Waals surface area contributed by atoms with E-state index >= 15 is 0 Å². The molecule has 6 nitrogen and oxygen atoms in total. The number of ether oxygens (including phenoxy) is 2. The van der Waals surface area contributed by atoms with E-state index in [1.165, 1.54) is 0 Å². The molecule has 28 heavy (non-hydrogen) atoms. The number of carbonyl (C=O) groups is 2. The van der Waals surface area contributed by atoms with E-state index < -0.39 is 11.8 Å². The highest BCUT2D eigenvalue weighted by Crippen LogP contribution is 2.26. The Bertz CT molecular complexity index is 803. The molecule has 0 saturated heterocycles. The predicted molar refractivity (Wildman–Crippen MR) is 110 cm³/mol. The quantitative estimate of drug-likeness (QED) is 0.675. The van der Waals surface area contributed by atoms with Gasteiger partial charge in [-0.3, -0.25) is 9.59 Å². The van der Waals surface area contributed by atoms with Crippen LogP contribution >= 0.6 is 0 Å². The summed E-state index contributed by atoms with van der Waals surface area (Å²) in [5.74, 6) is -0.115. The number of carbonyl (C=O) groups excluding carboxylic acids is 2. The fourth-order valence-corrected chi connectivity index (χ4v) is 2.61. The summed E-state index contributed by atoms with van der Waals surface area (Å²) in [5, 5.41) is 5.34. The summed E-state index contributed by atoms with van der Waals surface area (Å²) in [6.07, 6.45) is 0.849. The van der Waals surface area contributed by atoms with Gasteiger partial charge in [-0.15, -0.1) is 0 Å². The van der Waals surface area contributed by atoms with Gasteiger partial charge in [0.15, 0.2) is 0 Å². The Kier molecular flexibility index (Phi) is 7.87. The van der Waals surface area contributed by atoms with Crippen molar-refractivity contribution in [2.24, 2.45) is 0 Å². The number of nitrogens with one attached hydrogen (secondary N) is 2. The summed E-state index contributed by atoms with van der Waals surface area (Å²) in [4.78, 5) is 24.6. The first-order valence-electron chi connectivity index (χ1n) is 9.52. The van der Waals surface area contributed by atoms with Crippen LogP contribution in [0.2, 0.25) is 0 Å². The van der Waals surface area contributed by atoms with E-state index in [-0.39, 0.29) is 6.04 Å². The summed E-state index contributed by atoms with van der Waals surface area (Å²) in [7, 11) is 0. The van der Waals surface area contributed by atoms with E-state index in [1.807, 2.05) is 64.1 Å². The Morgan fingerprint density at radius 3 is 2.36 bits per heavy atom. The maximum atomic E-state index is 12.3. The second-order valence-corrected chi connectivity index (χ2v) is 6.50. The van der Waals surface area contributed by atoms with Gasteiger partial charge in [0.2, 0.25) is 0 Å². The van der Waals surface area contributed by atoms with E-state index in [0.717, 1.165) is 23.3 Å². The van der Waals surface area contributed by atoms with E-state index in [9.17, 15) is 9.59 Å². The Morgan fingerprint density at radius 2 is 1.71 bits per heavy atom. The molecule has 1 unspecified atom stereocenters. The number of rotatable bonds is 8. The molecule has 0 aliphatic heterocycles. The van der Waals surface area contributed by atoms with E-state index in [0.29, 0.717) is 24.7 Å². The molecule has 0 fully saturated rings. The molecule has 0 aromatic heterocycles. The van der Waals surface area contributed by atoms with Crippen LogP contribution in [0.3, 0.4) is 0 Å².